The number of hydrogen-bond donors (Lipinski definition) is 0. The Labute approximate surface area is 301 Å². The number of para-hydroxylation sites is 2. The molecule has 0 aliphatic heterocycles. The maximum atomic E-state index is 2.43. The predicted molar refractivity (Wildman–Crippen MR) is 221 cm³/mol. The number of benzene rings is 9. The lowest BCUT2D eigenvalue weighted by Gasteiger charge is -2.12. The Morgan fingerprint density at radius 3 is 1.37 bits per heavy atom. The average Bonchev–Trinajstić information content (AvgIpc) is 3.81. The summed E-state index contributed by atoms with van der Waals surface area (Å²) in [6.45, 7) is 0. The van der Waals surface area contributed by atoms with E-state index in [1.165, 1.54) is 87.3 Å². The molecule has 2 heteroatoms. The van der Waals surface area contributed by atoms with Crippen LogP contribution in [0.3, 0.4) is 0 Å². The number of rotatable bonds is 4. The first kappa shape index (κ1) is 28.9. The molecule has 9 aromatic carbocycles. The Morgan fingerprint density at radius 1 is 0.269 bits per heavy atom. The van der Waals surface area contributed by atoms with Gasteiger partial charge in [-0.15, -0.1) is 0 Å². The van der Waals surface area contributed by atoms with Gasteiger partial charge in [-0.2, -0.15) is 0 Å². The van der Waals surface area contributed by atoms with Crippen molar-refractivity contribution in [3.63, 3.8) is 0 Å². The first-order chi connectivity index (χ1) is 25.8. The van der Waals surface area contributed by atoms with Crippen LogP contribution in [0.5, 0.6) is 0 Å². The van der Waals surface area contributed by atoms with Gasteiger partial charge < -0.3 is 9.13 Å². The third-order valence-corrected chi connectivity index (χ3v) is 10.9. The molecule has 0 fully saturated rings. The van der Waals surface area contributed by atoms with Gasteiger partial charge in [0.25, 0.3) is 0 Å². The molecule has 0 unspecified atom stereocenters. The summed E-state index contributed by atoms with van der Waals surface area (Å²) in [5.74, 6) is 0. The number of hydrogen-bond acceptors (Lipinski definition) is 0. The summed E-state index contributed by atoms with van der Waals surface area (Å²) in [5, 5.41) is 11.6. The van der Waals surface area contributed by atoms with Crippen LogP contribution in [0, 0.1) is 0 Å². The van der Waals surface area contributed by atoms with Crippen LogP contribution in [0.4, 0.5) is 0 Å². The summed E-state index contributed by atoms with van der Waals surface area (Å²) in [6, 6.07) is 68.7. The van der Waals surface area contributed by atoms with Gasteiger partial charge in [-0.05, 0) is 109 Å². The molecule has 0 aliphatic carbocycles. The summed E-state index contributed by atoms with van der Waals surface area (Å²) < 4.78 is 4.72. The molecule has 2 nitrogen and oxygen atoms in total. The molecule has 2 aromatic heterocycles. The maximum absolute atomic E-state index is 2.43. The van der Waals surface area contributed by atoms with E-state index >= 15 is 0 Å². The van der Waals surface area contributed by atoms with Crippen molar-refractivity contribution in [2.75, 3.05) is 0 Å². The van der Waals surface area contributed by atoms with Gasteiger partial charge in [-0.3, -0.25) is 0 Å². The van der Waals surface area contributed by atoms with Crippen LogP contribution < -0.4 is 0 Å². The molecule has 0 radical (unpaired) electrons. The molecule has 2 heterocycles. The van der Waals surface area contributed by atoms with E-state index in [1.54, 1.807) is 0 Å². The summed E-state index contributed by atoms with van der Waals surface area (Å²) >= 11 is 0. The van der Waals surface area contributed by atoms with Gasteiger partial charge in [0.15, 0.2) is 0 Å². The summed E-state index contributed by atoms with van der Waals surface area (Å²) in [4.78, 5) is 0. The maximum Gasteiger partial charge on any atom is 0.0635 e. The first-order valence-corrected chi connectivity index (χ1v) is 17.9. The van der Waals surface area contributed by atoms with Gasteiger partial charge >= 0.3 is 0 Å². The average molecular weight is 661 g/mol. The minimum Gasteiger partial charge on any atom is -0.316 e. The minimum absolute atomic E-state index is 1.16. The Balaban J connectivity index is 1.04. The van der Waals surface area contributed by atoms with Gasteiger partial charge in [0.1, 0.15) is 0 Å². The van der Waals surface area contributed by atoms with Gasteiger partial charge in [0.2, 0.25) is 0 Å². The van der Waals surface area contributed by atoms with Crippen LogP contribution in [0.15, 0.2) is 194 Å². The van der Waals surface area contributed by atoms with Gasteiger partial charge in [0.05, 0.1) is 16.6 Å². The van der Waals surface area contributed by atoms with Crippen LogP contribution in [-0.2, 0) is 0 Å². The molecular weight excluding hydrogens is 629 g/mol. The largest absolute Gasteiger partial charge is 0.316 e. The van der Waals surface area contributed by atoms with Crippen LogP contribution in [0.25, 0.3) is 98.7 Å². The highest BCUT2D eigenvalue weighted by atomic mass is 15.0. The van der Waals surface area contributed by atoms with E-state index in [4.69, 9.17) is 0 Å². The van der Waals surface area contributed by atoms with Crippen molar-refractivity contribution in [1.29, 1.82) is 0 Å². The fourth-order valence-corrected chi connectivity index (χ4v) is 8.51. The highest BCUT2D eigenvalue weighted by Gasteiger charge is 2.18. The molecule has 0 bridgehead atoms. The minimum atomic E-state index is 1.16. The fraction of sp³-hybridized carbons (Fsp3) is 0. The van der Waals surface area contributed by atoms with Crippen molar-refractivity contribution in [2.45, 2.75) is 0 Å². The SMILES string of the molecule is c1ccc(-n2ccc3c2ccc2c4cc(-c5ccc(-c6ccc7c8ccccc8c8ccccc8c7c6)cc5)ccc4n(-c4ccccc4)c23)cc1. The smallest absolute Gasteiger partial charge is 0.0635 e. The molecule has 0 amide bonds. The lowest BCUT2D eigenvalue weighted by molar-refractivity contribution is 1.13. The summed E-state index contributed by atoms with van der Waals surface area (Å²) in [7, 11) is 0. The second-order valence-electron chi connectivity index (χ2n) is 13.7. The topological polar surface area (TPSA) is 9.86 Å². The van der Waals surface area contributed by atoms with E-state index in [1.807, 2.05) is 0 Å². The van der Waals surface area contributed by atoms with Crippen molar-refractivity contribution in [3.05, 3.63) is 194 Å². The standard InChI is InChI=1S/C50H32N2/c1-3-11-37(12-4-1)51-30-29-45-48(51)28-26-44-47-32-36(24-27-49(47)52(50(44)45)38-13-5-2-6-14-38)34-21-19-33(20-22-34)35-23-25-43-41-17-8-7-15-39(41)40-16-9-10-18-42(40)46(43)31-35/h1-32H. The zero-order chi connectivity index (χ0) is 34.2. The highest BCUT2D eigenvalue weighted by molar-refractivity contribution is 6.26. The molecular formula is C50H32N2. The van der Waals surface area contributed by atoms with Crippen LogP contribution in [0.1, 0.15) is 0 Å². The molecule has 52 heavy (non-hydrogen) atoms. The zero-order valence-corrected chi connectivity index (χ0v) is 28.4. The predicted octanol–water partition coefficient (Wildman–Crippen LogP) is 13.5. The van der Waals surface area contributed by atoms with E-state index in [2.05, 4.69) is 203 Å². The van der Waals surface area contributed by atoms with Gasteiger partial charge in [-0.25, -0.2) is 0 Å². The molecule has 0 spiro atoms. The van der Waals surface area contributed by atoms with Crippen molar-refractivity contribution in [2.24, 2.45) is 0 Å². The number of nitrogens with zero attached hydrogens (tertiary/aromatic N) is 2. The summed E-state index contributed by atoms with van der Waals surface area (Å²) in [6.07, 6.45) is 2.19. The van der Waals surface area contributed by atoms with Crippen LogP contribution >= 0.6 is 0 Å². The van der Waals surface area contributed by atoms with Crippen molar-refractivity contribution in [3.8, 4) is 33.6 Å². The van der Waals surface area contributed by atoms with E-state index < -0.39 is 0 Å². The monoisotopic (exact) mass is 660 g/mol. The molecule has 11 aromatic rings. The molecule has 0 aliphatic rings. The van der Waals surface area contributed by atoms with Crippen molar-refractivity contribution >= 4 is 65.0 Å². The molecule has 0 atom stereocenters. The molecule has 0 saturated carbocycles. The fourth-order valence-electron chi connectivity index (χ4n) is 8.51. The molecule has 0 saturated heterocycles. The zero-order valence-electron chi connectivity index (χ0n) is 28.4. The van der Waals surface area contributed by atoms with E-state index in [9.17, 15) is 0 Å². The molecule has 11 rings (SSSR count). The normalized spacial score (nSPS) is 11.8. The second kappa shape index (κ2) is 11.3. The Morgan fingerprint density at radius 2 is 0.731 bits per heavy atom. The van der Waals surface area contributed by atoms with Crippen LogP contribution in [-0.4, -0.2) is 9.13 Å². The summed E-state index contributed by atoms with van der Waals surface area (Å²) in [5.41, 5.74) is 10.8. The molecule has 242 valence electrons. The third-order valence-electron chi connectivity index (χ3n) is 10.9. The lowest BCUT2D eigenvalue weighted by Crippen LogP contribution is -1.94. The Kier molecular flexibility index (Phi) is 6.28. The first-order valence-electron chi connectivity index (χ1n) is 17.9. The number of fused-ring (bicyclic) bond motifs is 11. The highest BCUT2D eigenvalue weighted by Crippen LogP contribution is 2.40. The van der Waals surface area contributed by atoms with E-state index in [-0.39, 0.29) is 0 Å². The van der Waals surface area contributed by atoms with Gasteiger partial charge in [-0.1, -0.05) is 133 Å². The number of aromatic nitrogens is 2. The Hall–Kier alpha value is -6.90. The van der Waals surface area contributed by atoms with E-state index in [0.717, 1.165) is 11.4 Å². The van der Waals surface area contributed by atoms with Crippen molar-refractivity contribution < 1.29 is 0 Å². The quantitative estimate of drug-likeness (QED) is 0.166. The van der Waals surface area contributed by atoms with E-state index in [0.29, 0.717) is 0 Å². The van der Waals surface area contributed by atoms with Gasteiger partial charge in [0, 0.05) is 33.7 Å². The lowest BCUT2D eigenvalue weighted by atomic mass is 9.92. The van der Waals surface area contributed by atoms with Crippen molar-refractivity contribution in [1.82, 2.24) is 9.13 Å². The molecule has 0 N–H and O–H groups in total. The second-order valence-corrected chi connectivity index (χ2v) is 13.7. The third kappa shape index (κ3) is 4.31. The van der Waals surface area contributed by atoms with Crippen LogP contribution in [0.2, 0.25) is 0 Å². The Bertz CT molecular complexity index is 3110.